The van der Waals surface area contributed by atoms with Crippen molar-refractivity contribution in [3.05, 3.63) is 59.7 Å². The van der Waals surface area contributed by atoms with Crippen molar-refractivity contribution >= 4 is 49.5 Å². The topological polar surface area (TPSA) is 62.3 Å². The summed E-state index contributed by atoms with van der Waals surface area (Å²) in [6.07, 6.45) is 1.90. The Hall–Kier alpha value is -3.35. The standard InChI is InChI=1S/C27H26N4O2/c1-30(2)15-11-12-33-21(13-15)31-20-10-6-4-8-17(20)22-18-14-28-27(32)24(18)23-16-7-3-5-9-19(16)29-25(23)26(22)31/h3-10,15,21,29H,11-14H2,1-2H3,(H,28,32)/t15-,21+/m1/s1. The quantitative estimate of drug-likeness (QED) is 0.412. The second-order valence-electron chi connectivity index (χ2n) is 9.53. The molecule has 1 saturated heterocycles. The third-order valence-corrected chi connectivity index (χ3v) is 7.61. The molecule has 0 radical (unpaired) electrons. The molecule has 3 aromatic carbocycles. The molecule has 2 N–H and O–H groups in total. The van der Waals surface area contributed by atoms with Gasteiger partial charge in [0, 0.05) is 46.1 Å². The van der Waals surface area contributed by atoms with Crippen LogP contribution in [-0.4, -0.2) is 47.1 Å². The third kappa shape index (κ3) is 2.53. The zero-order valence-corrected chi connectivity index (χ0v) is 18.8. The van der Waals surface area contributed by atoms with E-state index in [-0.39, 0.29) is 12.1 Å². The summed E-state index contributed by atoms with van der Waals surface area (Å²) in [7, 11) is 4.30. The first-order chi connectivity index (χ1) is 16.1. The van der Waals surface area contributed by atoms with Crippen molar-refractivity contribution in [3.63, 3.8) is 0 Å². The van der Waals surface area contributed by atoms with E-state index in [9.17, 15) is 4.79 Å². The minimum absolute atomic E-state index is 0.0140. The van der Waals surface area contributed by atoms with Gasteiger partial charge in [0.05, 0.1) is 28.7 Å². The highest BCUT2D eigenvalue weighted by molar-refractivity contribution is 6.30. The van der Waals surface area contributed by atoms with Crippen molar-refractivity contribution in [3.8, 4) is 0 Å². The van der Waals surface area contributed by atoms with E-state index in [0.717, 1.165) is 68.8 Å². The Labute approximate surface area is 191 Å². The normalized spacial score (nSPS) is 21.0. The molecule has 0 unspecified atom stereocenters. The van der Waals surface area contributed by atoms with Crippen molar-refractivity contribution in [2.75, 3.05) is 20.7 Å². The number of hydrogen-bond donors (Lipinski definition) is 2. The van der Waals surface area contributed by atoms with Gasteiger partial charge in [-0.2, -0.15) is 0 Å². The molecule has 2 aliphatic heterocycles. The minimum Gasteiger partial charge on any atom is -0.358 e. The van der Waals surface area contributed by atoms with E-state index in [1.165, 1.54) is 5.39 Å². The van der Waals surface area contributed by atoms with Gasteiger partial charge >= 0.3 is 0 Å². The van der Waals surface area contributed by atoms with Crippen LogP contribution in [0.1, 0.15) is 35.0 Å². The molecule has 166 valence electrons. The van der Waals surface area contributed by atoms with Crippen LogP contribution in [-0.2, 0) is 11.3 Å². The van der Waals surface area contributed by atoms with Crippen LogP contribution in [0.4, 0.5) is 0 Å². The summed E-state index contributed by atoms with van der Waals surface area (Å²) in [5, 5.41) is 7.55. The highest BCUT2D eigenvalue weighted by Gasteiger charge is 2.33. The maximum atomic E-state index is 13.1. The van der Waals surface area contributed by atoms with Crippen molar-refractivity contribution in [1.82, 2.24) is 19.8 Å². The fourth-order valence-electron chi connectivity index (χ4n) is 6.06. The van der Waals surface area contributed by atoms with Crippen LogP contribution in [0.25, 0.3) is 43.6 Å². The van der Waals surface area contributed by atoms with Gasteiger partial charge in [0.2, 0.25) is 0 Å². The molecule has 0 spiro atoms. The summed E-state index contributed by atoms with van der Waals surface area (Å²) in [4.78, 5) is 19.1. The number of aromatic amines is 1. The molecule has 2 aromatic heterocycles. The second-order valence-corrected chi connectivity index (χ2v) is 9.53. The molecule has 2 atom stereocenters. The van der Waals surface area contributed by atoms with E-state index in [2.05, 4.69) is 70.3 Å². The summed E-state index contributed by atoms with van der Waals surface area (Å²) in [5.74, 6) is 0.0140. The molecule has 1 amide bonds. The second kappa shape index (κ2) is 6.83. The first kappa shape index (κ1) is 19.1. The Morgan fingerprint density at radius 3 is 2.67 bits per heavy atom. The van der Waals surface area contributed by atoms with Gasteiger partial charge in [-0.25, -0.2) is 0 Å². The Kier molecular flexibility index (Phi) is 3.96. The number of hydrogen-bond acceptors (Lipinski definition) is 3. The molecule has 6 nitrogen and oxygen atoms in total. The lowest BCUT2D eigenvalue weighted by Gasteiger charge is -2.35. The van der Waals surface area contributed by atoms with Gasteiger partial charge in [-0.3, -0.25) is 4.79 Å². The monoisotopic (exact) mass is 438 g/mol. The van der Waals surface area contributed by atoms with Gasteiger partial charge in [0.15, 0.2) is 0 Å². The zero-order valence-electron chi connectivity index (χ0n) is 18.8. The van der Waals surface area contributed by atoms with Crippen LogP contribution < -0.4 is 5.32 Å². The summed E-state index contributed by atoms with van der Waals surface area (Å²) in [6, 6.07) is 17.3. The number of aromatic nitrogens is 2. The number of amides is 1. The van der Waals surface area contributed by atoms with E-state index < -0.39 is 0 Å². The average molecular weight is 439 g/mol. The van der Waals surface area contributed by atoms with Crippen LogP contribution in [0.15, 0.2) is 48.5 Å². The summed E-state index contributed by atoms with van der Waals surface area (Å²) in [5.41, 5.74) is 6.28. The van der Waals surface area contributed by atoms with E-state index in [0.29, 0.717) is 12.6 Å². The van der Waals surface area contributed by atoms with Gasteiger partial charge in [0.1, 0.15) is 6.23 Å². The predicted molar refractivity (Wildman–Crippen MR) is 132 cm³/mol. The zero-order chi connectivity index (χ0) is 22.3. The maximum absolute atomic E-state index is 13.1. The Balaban J connectivity index is 1.67. The number of nitrogens with zero attached hydrogens (tertiary/aromatic N) is 2. The van der Waals surface area contributed by atoms with Gasteiger partial charge in [-0.05, 0) is 38.2 Å². The van der Waals surface area contributed by atoms with Crippen molar-refractivity contribution in [1.29, 1.82) is 0 Å². The fourth-order valence-corrected chi connectivity index (χ4v) is 6.06. The molecule has 1 fully saturated rings. The number of carbonyl (C=O) groups is 1. The SMILES string of the molecule is CN(C)[C@@H]1CCO[C@H](n2c3ccccc3c3c4c(c5c6ccccc6[nH]c5c32)C(=O)NC4)C1. The number of rotatable bonds is 2. The van der Waals surface area contributed by atoms with E-state index in [4.69, 9.17) is 4.74 Å². The first-order valence-electron chi connectivity index (χ1n) is 11.7. The number of nitrogens with one attached hydrogen (secondary N) is 2. The highest BCUT2D eigenvalue weighted by atomic mass is 16.5. The summed E-state index contributed by atoms with van der Waals surface area (Å²) >= 11 is 0. The first-order valence-corrected chi connectivity index (χ1v) is 11.7. The number of ether oxygens (including phenoxy) is 1. The smallest absolute Gasteiger partial charge is 0.252 e. The van der Waals surface area contributed by atoms with Crippen LogP contribution in [0.3, 0.4) is 0 Å². The minimum atomic E-state index is -0.0636. The van der Waals surface area contributed by atoms with Gasteiger partial charge in [-0.1, -0.05) is 36.4 Å². The predicted octanol–water partition coefficient (Wildman–Crippen LogP) is 4.91. The van der Waals surface area contributed by atoms with Crippen molar-refractivity contribution < 1.29 is 9.53 Å². The average Bonchev–Trinajstić information content (AvgIpc) is 3.50. The molecule has 0 bridgehead atoms. The molecule has 33 heavy (non-hydrogen) atoms. The highest BCUT2D eigenvalue weighted by Crippen LogP contribution is 2.45. The molecule has 0 aliphatic carbocycles. The number of carbonyl (C=O) groups excluding carboxylic acids is 1. The Morgan fingerprint density at radius 2 is 1.82 bits per heavy atom. The lowest BCUT2D eigenvalue weighted by molar-refractivity contribution is -0.0547. The molecular weight excluding hydrogens is 412 g/mol. The number of benzene rings is 3. The van der Waals surface area contributed by atoms with Crippen LogP contribution >= 0.6 is 0 Å². The van der Waals surface area contributed by atoms with Crippen molar-refractivity contribution in [2.45, 2.75) is 31.7 Å². The number of H-pyrrole nitrogens is 1. The van der Waals surface area contributed by atoms with Gasteiger partial charge in [0.25, 0.3) is 5.91 Å². The van der Waals surface area contributed by atoms with E-state index >= 15 is 0 Å². The Bertz CT molecular complexity index is 1590. The van der Waals surface area contributed by atoms with E-state index in [1.807, 2.05) is 12.1 Å². The van der Waals surface area contributed by atoms with E-state index in [1.54, 1.807) is 0 Å². The lowest BCUT2D eigenvalue weighted by Crippen LogP contribution is -2.36. The number of fused-ring (bicyclic) bond motifs is 10. The fraction of sp³-hybridized carbons (Fsp3) is 0.296. The number of para-hydroxylation sites is 2. The summed E-state index contributed by atoms with van der Waals surface area (Å²) in [6.45, 7) is 1.29. The van der Waals surface area contributed by atoms with Gasteiger partial charge in [-0.15, -0.1) is 0 Å². The van der Waals surface area contributed by atoms with Crippen LogP contribution in [0.5, 0.6) is 0 Å². The molecular formula is C27H26N4O2. The molecule has 2 aliphatic rings. The third-order valence-electron chi connectivity index (χ3n) is 7.61. The molecule has 5 aromatic rings. The molecule has 6 heteroatoms. The molecule has 7 rings (SSSR count). The van der Waals surface area contributed by atoms with Gasteiger partial charge < -0.3 is 24.5 Å². The lowest BCUT2D eigenvalue weighted by atomic mass is 9.97. The maximum Gasteiger partial charge on any atom is 0.252 e. The molecule has 0 saturated carbocycles. The van der Waals surface area contributed by atoms with Crippen molar-refractivity contribution in [2.24, 2.45) is 0 Å². The van der Waals surface area contributed by atoms with Crippen LogP contribution in [0.2, 0.25) is 0 Å². The Morgan fingerprint density at radius 1 is 1.03 bits per heavy atom. The molecule has 4 heterocycles. The van der Waals surface area contributed by atoms with Crippen LogP contribution in [0, 0.1) is 0 Å². The largest absolute Gasteiger partial charge is 0.358 e. The summed E-state index contributed by atoms with van der Waals surface area (Å²) < 4.78 is 8.81.